The number of likely N-dealkylation sites (tertiary alicyclic amines) is 2. The van der Waals surface area contributed by atoms with Crippen molar-refractivity contribution in [2.45, 2.75) is 56.9 Å². The van der Waals surface area contributed by atoms with Gasteiger partial charge in [0.05, 0.1) is 12.5 Å². The second kappa shape index (κ2) is 6.08. The fraction of sp³-hybridized carbons (Fsp3) is 0.889. The van der Waals surface area contributed by atoms with Gasteiger partial charge >= 0.3 is 0 Å². The lowest BCUT2D eigenvalue weighted by molar-refractivity contribution is -0.135. The molecule has 1 saturated carbocycles. The first-order valence-electron chi connectivity index (χ1n) is 9.35. The van der Waals surface area contributed by atoms with E-state index in [1.165, 1.54) is 12.8 Å². The molecule has 2 atom stereocenters. The van der Waals surface area contributed by atoms with E-state index in [1.807, 2.05) is 4.90 Å². The Hall–Kier alpha value is -1.10. The number of amides is 2. The van der Waals surface area contributed by atoms with E-state index in [4.69, 9.17) is 4.74 Å². The molecule has 3 aliphatic heterocycles. The van der Waals surface area contributed by atoms with Crippen molar-refractivity contribution < 1.29 is 14.3 Å². The highest BCUT2D eigenvalue weighted by atomic mass is 16.5. The maximum atomic E-state index is 12.7. The van der Waals surface area contributed by atoms with Crippen LogP contribution < -0.4 is 0 Å². The molecule has 0 bridgehead atoms. The molecule has 4 fully saturated rings. The van der Waals surface area contributed by atoms with E-state index < -0.39 is 0 Å². The van der Waals surface area contributed by atoms with Gasteiger partial charge in [0, 0.05) is 38.2 Å². The molecule has 5 nitrogen and oxygen atoms in total. The molecule has 0 aromatic rings. The van der Waals surface area contributed by atoms with Gasteiger partial charge in [0.15, 0.2) is 0 Å². The Labute approximate surface area is 138 Å². The lowest BCUT2D eigenvalue weighted by Gasteiger charge is -2.38. The van der Waals surface area contributed by atoms with E-state index in [-0.39, 0.29) is 17.4 Å². The van der Waals surface area contributed by atoms with Gasteiger partial charge in [-0.2, -0.15) is 0 Å². The molecule has 1 aliphatic carbocycles. The first-order chi connectivity index (χ1) is 11.2. The molecule has 4 rings (SSSR count). The molecule has 0 N–H and O–H groups in total. The molecular formula is C18H28N2O3. The van der Waals surface area contributed by atoms with Crippen LogP contribution in [0.4, 0.5) is 0 Å². The molecular weight excluding hydrogens is 292 g/mol. The molecule has 3 saturated heterocycles. The molecule has 1 spiro atoms. The minimum atomic E-state index is 0.0425. The summed E-state index contributed by atoms with van der Waals surface area (Å²) in [5.74, 6) is 1.43. The number of carbonyl (C=O) groups excluding carboxylic acids is 2. The van der Waals surface area contributed by atoms with E-state index in [1.54, 1.807) is 0 Å². The zero-order valence-electron chi connectivity index (χ0n) is 14.0. The van der Waals surface area contributed by atoms with Crippen LogP contribution in [0.25, 0.3) is 0 Å². The molecule has 23 heavy (non-hydrogen) atoms. The van der Waals surface area contributed by atoms with Crippen molar-refractivity contribution in [2.24, 2.45) is 11.8 Å². The van der Waals surface area contributed by atoms with Crippen LogP contribution in [-0.2, 0) is 14.3 Å². The average molecular weight is 320 g/mol. The maximum Gasteiger partial charge on any atom is 0.228 e. The number of hydrogen-bond donors (Lipinski definition) is 0. The number of nitrogens with zero attached hydrogens (tertiary/aromatic N) is 2. The summed E-state index contributed by atoms with van der Waals surface area (Å²) in [4.78, 5) is 29.3. The molecule has 2 amide bonds. The molecule has 0 aromatic heterocycles. The van der Waals surface area contributed by atoms with Crippen LogP contribution in [0.15, 0.2) is 0 Å². The van der Waals surface area contributed by atoms with Crippen LogP contribution in [-0.4, -0.2) is 60.0 Å². The van der Waals surface area contributed by atoms with Crippen molar-refractivity contribution in [1.29, 1.82) is 0 Å². The Kier molecular flexibility index (Phi) is 4.08. The Morgan fingerprint density at radius 2 is 2.04 bits per heavy atom. The number of ether oxygens (including phenoxy) is 1. The molecule has 3 heterocycles. The molecule has 5 heteroatoms. The zero-order valence-corrected chi connectivity index (χ0v) is 14.0. The summed E-state index contributed by atoms with van der Waals surface area (Å²) < 4.78 is 5.37. The van der Waals surface area contributed by atoms with Crippen LogP contribution in [0.1, 0.15) is 51.4 Å². The minimum absolute atomic E-state index is 0.0425. The molecule has 4 aliphatic rings. The Morgan fingerprint density at radius 1 is 1.17 bits per heavy atom. The van der Waals surface area contributed by atoms with Crippen LogP contribution in [0.5, 0.6) is 0 Å². The highest BCUT2D eigenvalue weighted by molar-refractivity contribution is 5.80. The third kappa shape index (κ3) is 3.00. The van der Waals surface area contributed by atoms with Gasteiger partial charge in [-0.15, -0.1) is 0 Å². The van der Waals surface area contributed by atoms with Gasteiger partial charge in [0.1, 0.15) is 0 Å². The van der Waals surface area contributed by atoms with Crippen molar-refractivity contribution in [3.8, 4) is 0 Å². The largest absolute Gasteiger partial charge is 0.381 e. The van der Waals surface area contributed by atoms with Crippen molar-refractivity contribution in [3.05, 3.63) is 0 Å². The summed E-state index contributed by atoms with van der Waals surface area (Å²) in [6, 6.07) is 0. The normalized spacial score (nSPS) is 35.1. The van der Waals surface area contributed by atoms with Crippen LogP contribution >= 0.6 is 0 Å². The molecule has 2 unspecified atom stereocenters. The minimum Gasteiger partial charge on any atom is -0.381 e. The predicted molar refractivity (Wildman–Crippen MR) is 85.8 cm³/mol. The number of carbonyl (C=O) groups is 2. The second-order valence-electron chi connectivity index (χ2n) is 7.91. The lowest BCUT2D eigenvalue weighted by atomic mass is 9.87. The van der Waals surface area contributed by atoms with Gasteiger partial charge in [0.25, 0.3) is 0 Å². The summed E-state index contributed by atoms with van der Waals surface area (Å²) in [5, 5.41) is 0. The number of hydrogen-bond acceptors (Lipinski definition) is 3. The summed E-state index contributed by atoms with van der Waals surface area (Å²) in [5.41, 5.74) is 0.0425. The average Bonchev–Trinajstić information content (AvgIpc) is 3.18. The summed E-state index contributed by atoms with van der Waals surface area (Å²) in [7, 11) is 0. The Bertz CT molecular complexity index is 485. The predicted octanol–water partition coefficient (Wildman–Crippen LogP) is 1.81. The quantitative estimate of drug-likeness (QED) is 0.797. The van der Waals surface area contributed by atoms with Gasteiger partial charge in [0.2, 0.25) is 11.8 Å². The van der Waals surface area contributed by atoms with Gasteiger partial charge < -0.3 is 14.5 Å². The van der Waals surface area contributed by atoms with Gasteiger partial charge in [-0.3, -0.25) is 9.59 Å². The summed E-state index contributed by atoms with van der Waals surface area (Å²) in [6.07, 6.45) is 8.18. The topological polar surface area (TPSA) is 49.9 Å². The SMILES string of the molecule is O=C(C1CCOC1)N1CCCC2(CCC(=O)N2CC2CC2)CC1. The van der Waals surface area contributed by atoms with Crippen LogP contribution in [0.2, 0.25) is 0 Å². The first-order valence-corrected chi connectivity index (χ1v) is 9.35. The standard InChI is InChI=1S/C18H28N2O3/c21-16-4-7-18(20(16)12-14-2-3-14)6-1-9-19(10-8-18)17(22)15-5-11-23-13-15/h14-15H,1-13H2. The first kappa shape index (κ1) is 15.4. The number of rotatable bonds is 3. The van der Waals surface area contributed by atoms with Gasteiger partial charge in [-0.25, -0.2) is 0 Å². The smallest absolute Gasteiger partial charge is 0.228 e. The fourth-order valence-corrected chi connectivity index (χ4v) is 4.63. The van der Waals surface area contributed by atoms with Crippen molar-refractivity contribution in [1.82, 2.24) is 9.80 Å². The zero-order chi connectivity index (χ0) is 15.9. The summed E-state index contributed by atoms with van der Waals surface area (Å²) in [6.45, 7) is 3.93. The summed E-state index contributed by atoms with van der Waals surface area (Å²) >= 11 is 0. The van der Waals surface area contributed by atoms with E-state index in [0.29, 0.717) is 18.9 Å². The van der Waals surface area contributed by atoms with E-state index >= 15 is 0 Å². The van der Waals surface area contributed by atoms with E-state index in [2.05, 4.69) is 4.90 Å². The van der Waals surface area contributed by atoms with Crippen molar-refractivity contribution in [3.63, 3.8) is 0 Å². The van der Waals surface area contributed by atoms with Crippen molar-refractivity contribution >= 4 is 11.8 Å². The van der Waals surface area contributed by atoms with Crippen LogP contribution in [0.3, 0.4) is 0 Å². The van der Waals surface area contributed by atoms with Crippen molar-refractivity contribution in [2.75, 3.05) is 32.8 Å². The third-order valence-corrected chi connectivity index (χ3v) is 6.32. The van der Waals surface area contributed by atoms with Gasteiger partial charge in [-0.1, -0.05) is 0 Å². The fourth-order valence-electron chi connectivity index (χ4n) is 4.63. The molecule has 128 valence electrons. The molecule has 0 radical (unpaired) electrons. The van der Waals surface area contributed by atoms with Gasteiger partial charge in [-0.05, 0) is 50.9 Å². The maximum absolute atomic E-state index is 12.7. The Balaban J connectivity index is 1.43. The second-order valence-corrected chi connectivity index (χ2v) is 7.91. The third-order valence-electron chi connectivity index (χ3n) is 6.32. The molecule has 0 aromatic carbocycles. The van der Waals surface area contributed by atoms with E-state index in [9.17, 15) is 9.59 Å². The monoisotopic (exact) mass is 320 g/mol. The highest BCUT2D eigenvalue weighted by Crippen LogP contribution is 2.42. The van der Waals surface area contributed by atoms with Crippen LogP contribution in [0, 0.1) is 11.8 Å². The highest BCUT2D eigenvalue weighted by Gasteiger charge is 2.47. The lowest BCUT2D eigenvalue weighted by Crippen LogP contribution is -2.47. The Morgan fingerprint density at radius 3 is 2.78 bits per heavy atom. The van der Waals surface area contributed by atoms with E-state index in [0.717, 1.165) is 64.3 Å².